The Morgan fingerprint density at radius 2 is 1.97 bits per heavy atom. The van der Waals surface area contributed by atoms with E-state index in [2.05, 4.69) is 15.7 Å². The number of methoxy groups -OCH3 is 1. The quantitative estimate of drug-likeness (QED) is 0.268. The topological polar surface area (TPSA) is 105 Å². The first-order valence-corrected chi connectivity index (χ1v) is 10.4. The third kappa shape index (κ3) is 5.17. The minimum atomic E-state index is -0.945. The van der Waals surface area contributed by atoms with Crippen LogP contribution in [0.3, 0.4) is 0 Å². The molecule has 0 bridgehead atoms. The Kier molecular flexibility index (Phi) is 6.86. The lowest BCUT2D eigenvalue weighted by atomic mass is 10.1. The minimum Gasteiger partial charge on any atom is -0.497 e. The van der Waals surface area contributed by atoms with Gasteiger partial charge in [0.15, 0.2) is 5.11 Å². The maximum absolute atomic E-state index is 6.41. The highest BCUT2D eigenvalue weighted by atomic mass is 32.1. The van der Waals surface area contributed by atoms with Crippen molar-refractivity contribution >= 4 is 23.0 Å². The van der Waals surface area contributed by atoms with Crippen LogP contribution in [0.5, 0.6) is 11.5 Å². The molecule has 9 nitrogen and oxygen atoms in total. The number of benzene rings is 2. The van der Waals surface area contributed by atoms with Crippen LogP contribution in [-0.4, -0.2) is 41.1 Å². The summed E-state index contributed by atoms with van der Waals surface area (Å²) >= 11 is 4.99. The fourth-order valence-electron chi connectivity index (χ4n) is 3.43. The number of thiocarbonyl (C=S) groups is 1. The highest BCUT2D eigenvalue weighted by molar-refractivity contribution is 7.80. The molecular weight excluding hydrogens is 430 g/mol. The number of hydrogen-bond acceptors (Lipinski definition) is 7. The first kappa shape index (κ1) is 22.0. The normalized spacial score (nSPS) is 20.0. The molecule has 0 radical (unpaired) electrons. The van der Waals surface area contributed by atoms with Gasteiger partial charge < -0.3 is 34.3 Å². The van der Waals surface area contributed by atoms with Crippen LogP contribution in [0.2, 0.25) is 0 Å². The first-order chi connectivity index (χ1) is 15.6. The van der Waals surface area contributed by atoms with E-state index in [9.17, 15) is 0 Å². The van der Waals surface area contributed by atoms with Crippen LogP contribution in [0.4, 0.5) is 5.69 Å². The Balaban J connectivity index is 1.42. The summed E-state index contributed by atoms with van der Waals surface area (Å²) in [5.41, 5.74) is 4.08. The summed E-state index contributed by atoms with van der Waals surface area (Å²) in [6, 6.07) is 15.1. The second kappa shape index (κ2) is 9.96. The zero-order chi connectivity index (χ0) is 22.4. The zero-order valence-electron chi connectivity index (χ0n) is 17.6. The second-order valence-corrected chi connectivity index (χ2v) is 7.61. The van der Waals surface area contributed by atoms with E-state index in [0.717, 1.165) is 17.0 Å². The predicted octanol–water partition coefficient (Wildman–Crippen LogP) is 2.40. The Morgan fingerprint density at radius 1 is 1.22 bits per heavy atom. The van der Waals surface area contributed by atoms with Crippen LogP contribution >= 0.6 is 12.2 Å². The van der Waals surface area contributed by atoms with Gasteiger partial charge in [0.05, 0.1) is 26.6 Å². The van der Waals surface area contributed by atoms with Gasteiger partial charge in [0, 0.05) is 23.6 Å². The van der Waals surface area contributed by atoms with Gasteiger partial charge in [-0.2, -0.15) is 0 Å². The van der Waals surface area contributed by atoms with E-state index < -0.39 is 5.79 Å². The molecule has 1 aromatic heterocycles. The summed E-state index contributed by atoms with van der Waals surface area (Å²) in [4.78, 5) is 4.12. The van der Waals surface area contributed by atoms with Gasteiger partial charge in [0.2, 0.25) is 5.79 Å². The molecule has 3 aromatic rings. The van der Waals surface area contributed by atoms with E-state index in [1.165, 1.54) is 0 Å². The molecule has 0 amide bonds. The fourth-order valence-corrected chi connectivity index (χ4v) is 3.55. The van der Waals surface area contributed by atoms with Crippen molar-refractivity contribution in [1.29, 1.82) is 0 Å². The molecular formula is C22H25N5O4S. The number of ether oxygens (including phenoxy) is 4. The Morgan fingerprint density at radius 3 is 2.62 bits per heavy atom. The van der Waals surface area contributed by atoms with Crippen LogP contribution < -0.4 is 26.1 Å². The monoisotopic (exact) mass is 455 g/mol. The lowest BCUT2D eigenvalue weighted by Crippen LogP contribution is -2.34. The molecule has 32 heavy (non-hydrogen) atoms. The fraction of sp³-hybridized carbons (Fsp3) is 0.273. The molecule has 0 aliphatic carbocycles. The van der Waals surface area contributed by atoms with Crippen LogP contribution in [0.25, 0.3) is 0 Å². The van der Waals surface area contributed by atoms with Crippen molar-refractivity contribution in [3.05, 3.63) is 72.8 Å². The van der Waals surface area contributed by atoms with E-state index in [0.29, 0.717) is 30.6 Å². The molecule has 1 saturated heterocycles. The summed E-state index contributed by atoms with van der Waals surface area (Å²) < 4.78 is 25.8. The number of hydrazine groups is 1. The smallest absolute Gasteiger partial charge is 0.214 e. The van der Waals surface area contributed by atoms with Crippen molar-refractivity contribution in [2.24, 2.45) is 5.84 Å². The van der Waals surface area contributed by atoms with E-state index >= 15 is 0 Å². The molecule has 10 heteroatoms. The maximum Gasteiger partial charge on any atom is 0.214 e. The van der Waals surface area contributed by atoms with Crippen molar-refractivity contribution in [3.8, 4) is 11.5 Å². The van der Waals surface area contributed by atoms with Gasteiger partial charge >= 0.3 is 0 Å². The van der Waals surface area contributed by atoms with Gasteiger partial charge in [-0.1, -0.05) is 0 Å². The molecule has 1 fully saturated rings. The number of aromatic nitrogens is 2. The van der Waals surface area contributed by atoms with Crippen LogP contribution in [0.1, 0.15) is 5.56 Å². The van der Waals surface area contributed by atoms with Crippen molar-refractivity contribution in [2.45, 2.75) is 18.4 Å². The molecule has 1 aliphatic rings. The summed E-state index contributed by atoms with van der Waals surface area (Å²) in [6.45, 7) is 1.21. The number of anilines is 1. The maximum atomic E-state index is 6.41. The highest BCUT2D eigenvalue weighted by Crippen LogP contribution is 2.37. The van der Waals surface area contributed by atoms with E-state index in [1.54, 1.807) is 19.6 Å². The van der Waals surface area contributed by atoms with Gasteiger partial charge in [0.25, 0.3) is 0 Å². The lowest BCUT2D eigenvalue weighted by molar-refractivity contribution is -0.189. The van der Waals surface area contributed by atoms with Gasteiger partial charge in [-0.3, -0.25) is 0 Å². The number of nitrogens with one attached hydrogen (secondary N) is 2. The average Bonchev–Trinajstić information content (AvgIpc) is 3.49. The van der Waals surface area contributed by atoms with E-state index in [4.69, 9.17) is 37.0 Å². The SMILES string of the molecule is COc1ccc(C2(Cn3ccnc3)OCC(COc3ccc(NC(=S)NN)cc3)O2)cc1. The largest absolute Gasteiger partial charge is 0.497 e. The van der Waals surface area contributed by atoms with Gasteiger partial charge in [-0.05, 0) is 60.7 Å². The van der Waals surface area contributed by atoms with E-state index in [1.807, 2.05) is 59.3 Å². The zero-order valence-corrected chi connectivity index (χ0v) is 18.4. The molecule has 168 valence electrons. The summed E-state index contributed by atoms with van der Waals surface area (Å²) in [7, 11) is 1.64. The minimum absolute atomic E-state index is 0.243. The molecule has 2 atom stereocenters. The number of imidazole rings is 1. The number of rotatable bonds is 8. The molecule has 2 heterocycles. The standard InChI is InChI=1S/C22H25N5O4S/c1-28-18-6-2-16(3-7-18)22(14-27-11-10-24-15-27)30-13-20(31-22)12-29-19-8-4-17(5-9-19)25-21(32)26-23/h2-11,15,20H,12-14,23H2,1H3,(H2,25,26,32). The Labute approximate surface area is 191 Å². The van der Waals surface area contributed by atoms with Crippen molar-refractivity contribution in [2.75, 3.05) is 25.6 Å². The second-order valence-electron chi connectivity index (χ2n) is 7.20. The first-order valence-electron chi connectivity index (χ1n) is 10.0. The number of nitrogens with zero attached hydrogens (tertiary/aromatic N) is 2. The van der Waals surface area contributed by atoms with Gasteiger partial charge in [-0.15, -0.1) is 0 Å². The Bertz CT molecular complexity index is 1010. The highest BCUT2D eigenvalue weighted by Gasteiger charge is 2.44. The molecule has 1 aliphatic heterocycles. The predicted molar refractivity (Wildman–Crippen MR) is 123 cm³/mol. The van der Waals surface area contributed by atoms with Crippen molar-refractivity contribution in [1.82, 2.24) is 15.0 Å². The van der Waals surface area contributed by atoms with Crippen molar-refractivity contribution in [3.63, 3.8) is 0 Å². The molecule has 4 rings (SSSR count). The van der Waals surface area contributed by atoms with Crippen molar-refractivity contribution < 1.29 is 18.9 Å². The van der Waals surface area contributed by atoms with Crippen LogP contribution in [-0.2, 0) is 21.8 Å². The molecule has 2 unspecified atom stereocenters. The summed E-state index contributed by atoms with van der Waals surface area (Å²) in [5, 5.41) is 3.29. The summed E-state index contributed by atoms with van der Waals surface area (Å²) in [5.74, 6) is 5.81. The number of nitrogens with two attached hydrogens (primary N) is 1. The third-order valence-corrected chi connectivity index (χ3v) is 5.24. The molecule has 0 saturated carbocycles. The van der Waals surface area contributed by atoms with E-state index in [-0.39, 0.29) is 6.10 Å². The van der Waals surface area contributed by atoms with Crippen LogP contribution in [0.15, 0.2) is 67.3 Å². The molecule has 2 aromatic carbocycles. The van der Waals surface area contributed by atoms with Crippen LogP contribution in [0, 0.1) is 0 Å². The van der Waals surface area contributed by atoms with Gasteiger partial charge in [-0.25, -0.2) is 10.8 Å². The Hall–Kier alpha value is -3.18. The molecule has 4 N–H and O–H groups in total. The van der Waals surface area contributed by atoms with Gasteiger partial charge in [0.1, 0.15) is 24.2 Å². The third-order valence-electron chi connectivity index (χ3n) is 5.02. The average molecular weight is 456 g/mol. The lowest BCUT2D eigenvalue weighted by Gasteiger charge is -2.29. The summed E-state index contributed by atoms with van der Waals surface area (Å²) in [6.07, 6.45) is 5.10. The number of hydrogen-bond donors (Lipinski definition) is 3. The molecule has 0 spiro atoms.